The number of rotatable bonds is 6. The van der Waals surface area contributed by atoms with Crippen molar-refractivity contribution in [2.45, 2.75) is 11.3 Å². The number of fused-ring (bicyclic) bond motifs is 1. The zero-order valence-corrected chi connectivity index (χ0v) is 18.9. The maximum Gasteiger partial charge on any atom is 0.228 e. The van der Waals surface area contributed by atoms with Gasteiger partial charge >= 0.3 is 0 Å². The first-order valence-electron chi connectivity index (χ1n) is 9.64. The standard InChI is InChI=1S/C23H20ClN3O4S/c1-31-18-7-8-27-21(14-25-22(27)13-18)16-9-17(12-19(10-16)32(2,29)30)26-23(28)11-15-5-3-4-6-20(15)24/h3-10,12-14H,11H2,1-2H3,(H,26,28). The number of nitrogens with one attached hydrogen (secondary N) is 1. The lowest BCUT2D eigenvalue weighted by Crippen LogP contribution is -2.15. The predicted octanol–water partition coefficient (Wildman–Crippen LogP) is 4.25. The lowest BCUT2D eigenvalue weighted by molar-refractivity contribution is -0.115. The first-order chi connectivity index (χ1) is 15.2. The summed E-state index contributed by atoms with van der Waals surface area (Å²) in [5, 5.41) is 3.28. The molecule has 0 aliphatic heterocycles. The summed E-state index contributed by atoms with van der Waals surface area (Å²) in [6, 6.07) is 15.4. The number of anilines is 1. The van der Waals surface area contributed by atoms with Crippen LogP contribution in [0.5, 0.6) is 5.75 Å². The van der Waals surface area contributed by atoms with Crippen LogP contribution in [0.4, 0.5) is 5.69 Å². The van der Waals surface area contributed by atoms with E-state index in [9.17, 15) is 13.2 Å². The summed E-state index contributed by atoms with van der Waals surface area (Å²) < 4.78 is 31.7. The number of carbonyl (C=O) groups excluding carboxylic acids is 1. The van der Waals surface area contributed by atoms with Crippen molar-refractivity contribution in [3.8, 4) is 17.0 Å². The molecule has 0 saturated carbocycles. The normalized spacial score (nSPS) is 11.5. The van der Waals surface area contributed by atoms with E-state index in [1.807, 2.05) is 4.40 Å². The minimum Gasteiger partial charge on any atom is -0.497 e. The second-order valence-corrected chi connectivity index (χ2v) is 9.70. The number of amides is 1. The van der Waals surface area contributed by atoms with E-state index in [0.29, 0.717) is 38.9 Å². The van der Waals surface area contributed by atoms with Crippen molar-refractivity contribution < 1.29 is 17.9 Å². The molecule has 2 aromatic carbocycles. The first-order valence-corrected chi connectivity index (χ1v) is 11.9. The number of benzene rings is 2. The predicted molar refractivity (Wildman–Crippen MR) is 124 cm³/mol. The molecule has 0 aliphatic rings. The van der Waals surface area contributed by atoms with Gasteiger partial charge in [0.05, 0.1) is 30.3 Å². The van der Waals surface area contributed by atoms with Crippen LogP contribution in [0.1, 0.15) is 5.56 Å². The average Bonchev–Trinajstić information content (AvgIpc) is 3.17. The van der Waals surface area contributed by atoms with Gasteiger partial charge in [0.2, 0.25) is 5.91 Å². The molecule has 164 valence electrons. The second-order valence-electron chi connectivity index (χ2n) is 7.27. The van der Waals surface area contributed by atoms with Gasteiger partial charge in [0.25, 0.3) is 0 Å². The minimum absolute atomic E-state index is 0.0630. The Balaban J connectivity index is 1.72. The van der Waals surface area contributed by atoms with Crippen LogP contribution in [0.25, 0.3) is 16.9 Å². The third kappa shape index (κ3) is 4.61. The molecule has 0 fully saturated rings. The van der Waals surface area contributed by atoms with Gasteiger partial charge in [-0.2, -0.15) is 0 Å². The molecule has 0 spiro atoms. The van der Waals surface area contributed by atoms with Crippen LogP contribution < -0.4 is 10.1 Å². The number of hydrogen-bond acceptors (Lipinski definition) is 5. The van der Waals surface area contributed by atoms with Crippen LogP contribution in [0, 0.1) is 0 Å². The molecule has 4 aromatic rings. The molecule has 0 unspecified atom stereocenters. The largest absolute Gasteiger partial charge is 0.497 e. The van der Waals surface area contributed by atoms with E-state index in [-0.39, 0.29) is 17.2 Å². The highest BCUT2D eigenvalue weighted by atomic mass is 35.5. The molecule has 7 nitrogen and oxygen atoms in total. The quantitative estimate of drug-likeness (QED) is 0.456. The van der Waals surface area contributed by atoms with E-state index in [1.54, 1.807) is 68.0 Å². The smallest absolute Gasteiger partial charge is 0.228 e. The van der Waals surface area contributed by atoms with Crippen LogP contribution in [0.3, 0.4) is 0 Å². The molecule has 0 aliphatic carbocycles. The van der Waals surface area contributed by atoms with E-state index in [1.165, 1.54) is 6.07 Å². The van der Waals surface area contributed by atoms with E-state index < -0.39 is 9.84 Å². The Hall–Kier alpha value is -3.36. The van der Waals surface area contributed by atoms with Crippen molar-refractivity contribution in [2.75, 3.05) is 18.7 Å². The Labute approximate surface area is 190 Å². The molecule has 0 radical (unpaired) electrons. The number of halogens is 1. The summed E-state index contributed by atoms with van der Waals surface area (Å²) in [6.07, 6.45) is 4.62. The molecule has 0 bridgehead atoms. The lowest BCUT2D eigenvalue weighted by atomic mass is 10.1. The molecular formula is C23H20ClN3O4S. The van der Waals surface area contributed by atoms with Gasteiger partial charge in [-0.25, -0.2) is 13.4 Å². The maximum absolute atomic E-state index is 12.6. The summed E-state index contributed by atoms with van der Waals surface area (Å²) in [7, 11) is -1.95. The van der Waals surface area contributed by atoms with Gasteiger partial charge in [-0.3, -0.25) is 9.20 Å². The number of hydrogen-bond donors (Lipinski definition) is 1. The molecule has 2 aromatic heterocycles. The minimum atomic E-state index is -3.53. The summed E-state index contributed by atoms with van der Waals surface area (Å²) in [4.78, 5) is 17.1. The van der Waals surface area contributed by atoms with Crippen LogP contribution in [-0.2, 0) is 21.1 Å². The molecule has 4 rings (SSSR count). The van der Waals surface area contributed by atoms with Crippen molar-refractivity contribution >= 4 is 38.7 Å². The number of sulfone groups is 1. The SMILES string of the molecule is COc1ccn2c(-c3cc(NC(=O)Cc4ccccc4Cl)cc(S(C)(=O)=O)c3)cnc2c1. The van der Waals surface area contributed by atoms with Gasteiger partial charge in [0.1, 0.15) is 11.4 Å². The van der Waals surface area contributed by atoms with Crippen LogP contribution in [-0.4, -0.2) is 37.1 Å². The van der Waals surface area contributed by atoms with Gasteiger partial charge in [-0.05, 0) is 35.9 Å². The number of imidazole rings is 1. The van der Waals surface area contributed by atoms with E-state index in [2.05, 4.69) is 10.3 Å². The van der Waals surface area contributed by atoms with Crippen LogP contribution >= 0.6 is 11.6 Å². The van der Waals surface area contributed by atoms with Crippen molar-refractivity contribution in [3.05, 3.63) is 77.6 Å². The number of carbonyl (C=O) groups is 1. The highest BCUT2D eigenvalue weighted by Gasteiger charge is 2.16. The number of ether oxygens (including phenoxy) is 1. The summed E-state index contributed by atoms with van der Waals surface area (Å²) >= 11 is 6.15. The van der Waals surface area contributed by atoms with Crippen LogP contribution in [0.2, 0.25) is 5.02 Å². The van der Waals surface area contributed by atoms with E-state index >= 15 is 0 Å². The molecule has 1 amide bonds. The maximum atomic E-state index is 12.6. The molecular weight excluding hydrogens is 450 g/mol. The van der Waals surface area contributed by atoms with E-state index in [4.69, 9.17) is 16.3 Å². The fourth-order valence-corrected chi connectivity index (χ4v) is 4.24. The summed E-state index contributed by atoms with van der Waals surface area (Å²) in [5.74, 6) is 0.352. The zero-order valence-electron chi connectivity index (χ0n) is 17.4. The third-order valence-electron chi connectivity index (χ3n) is 4.94. The van der Waals surface area contributed by atoms with Gasteiger partial charge < -0.3 is 10.1 Å². The lowest BCUT2D eigenvalue weighted by Gasteiger charge is -2.11. The van der Waals surface area contributed by atoms with Crippen molar-refractivity contribution in [2.24, 2.45) is 0 Å². The fraction of sp³-hybridized carbons (Fsp3) is 0.130. The second kappa shape index (κ2) is 8.64. The third-order valence-corrected chi connectivity index (χ3v) is 6.40. The topological polar surface area (TPSA) is 89.8 Å². The average molecular weight is 470 g/mol. The molecule has 9 heteroatoms. The Bertz CT molecular complexity index is 1430. The highest BCUT2D eigenvalue weighted by molar-refractivity contribution is 7.90. The Morgan fingerprint density at radius 3 is 2.66 bits per heavy atom. The van der Waals surface area contributed by atoms with Gasteiger partial charge in [0.15, 0.2) is 9.84 Å². The Morgan fingerprint density at radius 1 is 1.16 bits per heavy atom. The number of nitrogens with zero attached hydrogens (tertiary/aromatic N) is 2. The zero-order chi connectivity index (χ0) is 22.9. The molecule has 2 heterocycles. The van der Waals surface area contributed by atoms with Crippen molar-refractivity contribution in [1.29, 1.82) is 0 Å². The first kappa shape index (κ1) is 21.9. The number of methoxy groups -OCH3 is 1. The van der Waals surface area contributed by atoms with Crippen LogP contribution in [0.15, 0.2) is 71.9 Å². The molecule has 0 atom stereocenters. The summed E-state index contributed by atoms with van der Waals surface area (Å²) in [5.41, 5.74) is 2.96. The monoisotopic (exact) mass is 469 g/mol. The van der Waals surface area contributed by atoms with E-state index in [0.717, 1.165) is 6.26 Å². The molecule has 0 saturated heterocycles. The highest BCUT2D eigenvalue weighted by Crippen LogP contribution is 2.29. The Kier molecular flexibility index (Phi) is 5.90. The van der Waals surface area contributed by atoms with Crippen molar-refractivity contribution in [1.82, 2.24) is 9.38 Å². The summed E-state index contributed by atoms with van der Waals surface area (Å²) in [6.45, 7) is 0. The molecule has 32 heavy (non-hydrogen) atoms. The Morgan fingerprint density at radius 2 is 1.94 bits per heavy atom. The fourth-order valence-electron chi connectivity index (χ4n) is 3.36. The van der Waals surface area contributed by atoms with Gasteiger partial charge in [-0.1, -0.05) is 29.8 Å². The van der Waals surface area contributed by atoms with Gasteiger partial charge in [0, 0.05) is 34.8 Å². The number of aromatic nitrogens is 2. The number of pyridine rings is 1. The molecule has 1 N–H and O–H groups in total. The van der Waals surface area contributed by atoms with Gasteiger partial charge in [-0.15, -0.1) is 0 Å². The van der Waals surface area contributed by atoms with Crippen molar-refractivity contribution in [3.63, 3.8) is 0 Å².